The Morgan fingerprint density at radius 2 is 2.17 bits per heavy atom. The summed E-state index contributed by atoms with van der Waals surface area (Å²) in [7, 11) is 1.92. The Kier molecular flexibility index (Phi) is 4.55. The van der Waals surface area contributed by atoms with Gasteiger partial charge in [-0.3, -0.25) is 4.79 Å². The molecule has 0 atom stereocenters. The van der Waals surface area contributed by atoms with Gasteiger partial charge in [-0.15, -0.1) is 17.9 Å². The van der Waals surface area contributed by atoms with E-state index in [4.69, 9.17) is 11.6 Å². The Hall–Kier alpha value is -2.04. The molecule has 5 heteroatoms. The van der Waals surface area contributed by atoms with Crippen LogP contribution in [0.15, 0.2) is 54.4 Å². The van der Waals surface area contributed by atoms with Crippen molar-refractivity contribution in [1.29, 1.82) is 0 Å². The molecule has 0 fully saturated rings. The Balaban J connectivity index is 1.92. The third-order valence-corrected chi connectivity index (χ3v) is 5.06. The Bertz CT molecular complexity index is 865. The largest absolute Gasteiger partial charge is 0.339 e. The van der Waals surface area contributed by atoms with E-state index in [1.165, 1.54) is 0 Å². The molecule has 3 nitrogen and oxygen atoms in total. The molecule has 0 saturated heterocycles. The highest BCUT2D eigenvalue weighted by Crippen LogP contribution is 2.26. The predicted molar refractivity (Wildman–Crippen MR) is 97.2 cm³/mol. The zero-order chi connectivity index (χ0) is 16.4. The fourth-order valence-corrected chi connectivity index (χ4v) is 3.67. The maximum atomic E-state index is 13.0. The van der Waals surface area contributed by atoms with E-state index in [0.717, 1.165) is 15.8 Å². The molecule has 23 heavy (non-hydrogen) atoms. The molecule has 2 aromatic heterocycles. The minimum absolute atomic E-state index is 0.0179. The molecular weight excluding hydrogens is 328 g/mol. The molecule has 1 aromatic carbocycles. The van der Waals surface area contributed by atoms with Crippen molar-refractivity contribution in [2.75, 3.05) is 6.54 Å². The fourth-order valence-electron chi connectivity index (χ4n) is 2.62. The van der Waals surface area contributed by atoms with Gasteiger partial charge in [0.15, 0.2) is 0 Å². The second-order valence-electron chi connectivity index (χ2n) is 5.32. The van der Waals surface area contributed by atoms with E-state index < -0.39 is 0 Å². The van der Waals surface area contributed by atoms with Crippen LogP contribution < -0.4 is 0 Å². The maximum absolute atomic E-state index is 13.0. The fraction of sp³-hybridized carbons (Fsp3) is 0.167. The number of carbonyl (C=O) groups excluding carboxylic acids is 1. The number of halogens is 1. The average molecular weight is 345 g/mol. The van der Waals surface area contributed by atoms with Crippen molar-refractivity contribution < 1.29 is 4.79 Å². The Labute approximate surface area is 144 Å². The molecule has 0 radical (unpaired) electrons. The number of carbonyl (C=O) groups is 1. The minimum Gasteiger partial charge on any atom is -0.339 e. The number of hydrogen-bond acceptors (Lipinski definition) is 2. The van der Waals surface area contributed by atoms with Crippen LogP contribution >= 0.6 is 22.9 Å². The van der Waals surface area contributed by atoms with E-state index in [1.54, 1.807) is 22.3 Å². The second-order valence-corrected chi connectivity index (χ2v) is 6.68. The molecule has 0 unspecified atom stereocenters. The van der Waals surface area contributed by atoms with Crippen molar-refractivity contribution in [3.05, 3.63) is 70.7 Å². The smallest absolute Gasteiger partial charge is 0.271 e. The minimum atomic E-state index is -0.0179. The van der Waals surface area contributed by atoms with Crippen LogP contribution in [0.3, 0.4) is 0 Å². The van der Waals surface area contributed by atoms with Crippen LogP contribution in [0.25, 0.3) is 10.2 Å². The molecule has 0 aliphatic heterocycles. The van der Waals surface area contributed by atoms with E-state index in [2.05, 4.69) is 6.58 Å². The Morgan fingerprint density at radius 1 is 1.39 bits per heavy atom. The third kappa shape index (κ3) is 3.05. The van der Waals surface area contributed by atoms with Crippen molar-refractivity contribution in [3.8, 4) is 0 Å². The highest BCUT2D eigenvalue weighted by molar-refractivity contribution is 7.17. The molecule has 1 amide bonds. The zero-order valence-corrected chi connectivity index (χ0v) is 14.4. The number of aryl methyl sites for hydroxylation is 1. The summed E-state index contributed by atoms with van der Waals surface area (Å²) in [6.45, 7) is 4.70. The molecule has 118 valence electrons. The van der Waals surface area contributed by atoms with Gasteiger partial charge in [-0.1, -0.05) is 35.9 Å². The summed E-state index contributed by atoms with van der Waals surface area (Å²) in [6, 6.07) is 11.6. The van der Waals surface area contributed by atoms with Gasteiger partial charge >= 0.3 is 0 Å². The van der Waals surface area contributed by atoms with Crippen LogP contribution in [0.4, 0.5) is 0 Å². The van der Waals surface area contributed by atoms with Crippen molar-refractivity contribution in [2.45, 2.75) is 6.54 Å². The molecule has 3 rings (SSSR count). The first kappa shape index (κ1) is 15.8. The lowest BCUT2D eigenvalue weighted by molar-refractivity contribution is 0.0753. The molecular formula is C18H17ClN2OS. The molecule has 0 spiro atoms. The summed E-state index contributed by atoms with van der Waals surface area (Å²) in [5, 5.41) is 2.70. The number of nitrogens with zero attached hydrogens (tertiary/aromatic N) is 2. The van der Waals surface area contributed by atoms with E-state index in [1.807, 2.05) is 53.4 Å². The molecule has 0 N–H and O–H groups in total. The average Bonchev–Trinajstić information content (AvgIpc) is 3.11. The molecule has 3 aromatic rings. The van der Waals surface area contributed by atoms with Crippen LogP contribution in [0, 0.1) is 0 Å². The molecule has 0 aliphatic rings. The van der Waals surface area contributed by atoms with E-state index in [0.29, 0.717) is 23.8 Å². The summed E-state index contributed by atoms with van der Waals surface area (Å²) >= 11 is 7.87. The second kappa shape index (κ2) is 6.60. The van der Waals surface area contributed by atoms with Crippen LogP contribution in [-0.2, 0) is 13.6 Å². The Morgan fingerprint density at radius 3 is 2.87 bits per heavy atom. The lowest BCUT2D eigenvalue weighted by Crippen LogP contribution is -2.32. The van der Waals surface area contributed by atoms with Crippen molar-refractivity contribution in [2.24, 2.45) is 7.05 Å². The van der Waals surface area contributed by atoms with Gasteiger partial charge in [0, 0.05) is 25.2 Å². The van der Waals surface area contributed by atoms with Crippen molar-refractivity contribution in [3.63, 3.8) is 0 Å². The van der Waals surface area contributed by atoms with Gasteiger partial charge in [-0.05, 0) is 29.1 Å². The summed E-state index contributed by atoms with van der Waals surface area (Å²) in [4.78, 5) is 14.7. The molecule has 0 bridgehead atoms. The topological polar surface area (TPSA) is 25.2 Å². The zero-order valence-electron chi connectivity index (χ0n) is 12.8. The van der Waals surface area contributed by atoms with E-state index in [-0.39, 0.29) is 5.91 Å². The van der Waals surface area contributed by atoms with Crippen LogP contribution in [-0.4, -0.2) is 21.9 Å². The number of aromatic nitrogens is 1. The highest BCUT2D eigenvalue weighted by atomic mass is 35.5. The van der Waals surface area contributed by atoms with Crippen molar-refractivity contribution in [1.82, 2.24) is 9.47 Å². The molecule has 0 aliphatic carbocycles. The van der Waals surface area contributed by atoms with Crippen LogP contribution in [0.1, 0.15) is 16.1 Å². The number of amides is 1. The first-order valence-electron chi connectivity index (χ1n) is 7.28. The number of thiophene rings is 1. The number of benzene rings is 1. The summed E-state index contributed by atoms with van der Waals surface area (Å²) in [6.07, 6.45) is 1.74. The van der Waals surface area contributed by atoms with Gasteiger partial charge in [0.1, 0.15) is 5.69 Å². The first-order chi connectivity index (χ1) is 11.1. The molecule has 2 heterocycles. The SMILES string of the molecule is C=CCN(Cc1ccccc1Cl)C(=O)c1cc2sccc2n1C. The van der Waals surface area contributed by atoms with Gasteiger partial charge in [0.2, 0.25) is 0 Å². The van der Waals surface area contributed by atoms with Gasteiger partial charge in [0.25, 0.3) is 5.91 Å². The van der Waals surface area contributed by atoms with Gasteiger partial charge in [0.05, 0.1) is 10.2 Å². The predicted octanol–water partition coefficient (Wildman–Crippen LogP) is 4.72. The maximum Gasteiger partial charge on any atom is 0.271 e. The van der Waals surface area contributed by atoms with E-state index in [9.17, 15) is 4.79 Å². The number of rotatable bonds is 5. The number of fused-ring (bicyclic) bond motifs is 1. The lowest BCUT2D eigenvalue weighted by Gasteiger charge is -2.22. The first-order valence-corrected chi connectivity index (χ1v) is 8.54. The third-order valence-electron chi connectivity index (χ3n) is 3.84. The standard InChI is InChI=1S/C18H17ClN2OS/c1-3-9-21(12-13-6-4-5-7-14(13)19)18(22)16-11-17-15(20(16)2)8-10-23-17/h3-8,10-11H,1,9,12H2,2H3. The summed E-state index contributed by atoms with van der Waals surface area (Å²) < 4.78 is 3.06. The highest BCUT2D eigenvalue weighted by Gasteiger charge is 2.20. The van der Waals surface area contributed by atoms with Gasteiger partial charge in [-0.2, -0.15) is 0 Å². The molecule has 0 saturated carbocycles. The lowest BCUT2D eigenvalue weighted by atomic mass is 10.2. The quantitative estimate of drug-likeness (QED) is 0.615. The van der Waals surface area contributed by atoms with Crippen molar-refractivity contribution >= 4 is 39.1 Å². The summed E-state index contributed by atoms with van der Waals surface area (Å²) in [5.74, 6) is -0.0179. The van der Waals surface area contributed by atoms with Gasteiger partial charge < -0.3 is 9.47 Å². The van der Waals surface area contributed by atoms with E-state index >= 15 is 0 Å². The number of hydrogen-bond donors (Lipinski definition) is 0. The van der Waals surface area contributed by atoms with Crippen LogP contribution in [0.5, 0.6) is 0 Å². The van der Waals surface area contributed by atoms with Crippen LogP contribution in [0.2, 0.25) is 5.02 Å². The van der Waals surface area contributed by atoms with Gasteiger partial charge in [-0.25, -0.2) is 0 Å². The summed E-state index contributed by atoms with van der Waals surface area (Å²) in [5.41, 5.74) is 2.69. The normalized spacial score (nSPS) is 10.9. The monoisotopic (exact) mass is 344 g/mol.